The number of aliphatic hydroxyl groups excluding tert-OH is 2. The number of amides is 2. The molecule has 1 aromatic heterocycles. The molecule has 1 aromatic rings. The lowest BCUT2D eigenvalue weighted by Gasteiger charge is -2.34. The summed E-state index contributed by atoms with van der Waals surface area (Å²) in [7, 11) is 1.50. The van der Waals surface area contributed by atoms with Gasteiger partial charge in [0.05, 0.1) is 11.8 Å². The lowest BCUT2D eigenvalue weighted by molar-refractivity contribution is -0.144. The van der Waals surface area contributed by atoms with Gasteiger partial charge in [-0.2, -0.15) is 0 Å². The Morgan fingerprint density at radius 3 is 2.59 bits per heavy atom. The van der Waals surface area contributed by atoms with Crippen molar-refractivity contribution < 1.29 is 24.6 Å². The van der Waals surface area contributed by atoms with E-state index in [0.29, 0.717) is 12.1 Å². The van der Waals surface area contributed by atoms with Gasteiger partial charge in [0.25, 0.3) is 0 Å². The molecule has 2 heterocycles. The van der Waals surface area contributed by atoms with Crippen LogP contribution < -0.4 is 5.32 Å². The van der Waals surface area contributed by atoms with Crippen LogP contribution in [-0.2, 0) is 20.8 Å². The molecule has 10 nitrogen and oxygen atoms in total. The quantitative estimate of drug-likeness (QED) is 0.524. The summed E-state index contributed by atoms with van der Waals surface area (Å²) in [6, 6.07) is -1.46. The molecule has 1 aliphatic rings. The third-order valence-corrected chi connectivity index (χ3v) is 5.04. The number of nitrogens with one attached hydrogen (secondary N) is 1. The van der Waals surface area contributed by atoms with Crippen molar-refractivity contribution in [2.45, 2.75) is 64.6 Å². The Morgan fingerprint density at radius 1 is 1.31 bits per heavy atom. The zero-order valence-electron chi connectivity index (χ0n) is 17.5. The Balaban J connectivity index is 2.23. The number of ketones is 1. The molecule has 3 N–H and O–H groups in total. The number of carbonyl (C=O) groups excluding carboxylic acids is 3. The molecule has 0 aliphatic carbocycles. The topological polar surface area (TPSA) is 138 Å². The number of nitrogens with zero attached hydrogens (tertiary/aromatic N) is 4. The van der Waals surface area contributed by atoms with Gasteiger partial charge in [-0.15, -0.1) is 5.10 Å². The van der Waals surface area contributed by atoms with Crippen LogP contribution in [0.4, 0.5) is 0 Å². The van der Waals surface area contributed by atoms with Gasteiger partial charge in [-0.25, -0.2) is 4.68 Å². The van der Waals surface area contributed by atoms with Gasteiger partial charge >= 0.3 is 0 Å². The van der Waals surface area contributed by atoms with E-state index in [4.69, 9.17) is 5.11 Å². The first-order chi connectivity index (χ1) is 13.6. The maximum absolute atomic E-state index is 13.4. The van der Waals surface area contributed by atoms with Gasteiger partial charge in [0.2, 0.25) is 11.8 Å². The Kier molecular flexibility index (Phi) is 7.48. The molecule has 0 saturated carbocycles. The maximum atomic E-state index is 13.4. The number of aromatic nitrogens is 3. The molecule has 0 aromatic carbocycles. The van der Waals surface area contributed by atoms with Gasteiger partial charge < -0.3 is 20.4 Å². The minimum atomic E-state index is -0.759. The highest BCUT2D eigenvalue weighted by atomic mass is 16.3. The van der Waals surface area contributed by atoms with Gasteiger partial charge in [0.1, 0.15) is 17.9 Å². The number of hydrogen-bond acceptors (Lipinski definition) is 7. The Bertz CT molecular complexity index is 742. The summed E-state index contributed by atoms with van der Waals surface area (Å²) in [4.78, 5) is 38.6. The molecule has 162 valence electrons. The highest BCUT2D eigenvalue weighted by Gasteiger charge is 2.44. The molecule has 2 unspecified atom stereocenters. The predicted octanol–water partition coefficient (Wildman–Crippen LogP) is -0.543. The molecule has 1 aliphatic heterocycles. The van der Waals surface area contributed by atoms with Crippen molar-refractivity contribution in [2.75, 3.05) is 20.2 Å². The number of Topliss-reactive ketones (excluding diaryl/α,β-unsaturated/α-hetero) is 1. The predicted molar refractivity (Wildman–Crippen MR) is 104 cm³/mol. The van der Waals surface area contributed by atoms with E-state index in [1.165, 1.54) is 16.6 Å². The van der Waals surface area contributed by atoms with E-state index in [2.05, 4.69) is 15.6 Å². The summed E-state index contributed by atoms with van der Waals surface area (Å²) in [5.41, 5.74) is 0.0397. The van der Waals surface area contributed by atoms with E-state index in [-0.39, 0.29) is 50.0 Å². The molecule has 0 radical (unpaired) electrons. The number of rotatable bonds is 8. The fraction of sp³-hybridized carbons (Fsp3) is 0.737. The summed E-state index contributed by atoms with van der Waals surface area (Å²) in [5.74, 6) is -0.690. The molecule has 2 rings (SSSR count). The van der Waals surface area contributed by atoms with Gasteiger partial charge in [-0.05, 0) is 11.8 Å². The van der Waals surface area contributed by atoms with Crippen molar-refractivity contribution in [3.63, 3.8) is 0 Å². The SMILES string of the molecule is CNC(=O)C1CC(O)CN1C(=O)[C@@H](n1cc(CCC(=O)CCO)nn1)C(C)(C)C. The van der Waals surface area contributed by atoms with Crippen LogP contribution in [0.2, 0.25) is 0 Å². The molecule has 29 heavy (non-hydrogen) atoms. The van der Waals surface area contributed by atoms with Gasteiger partial charge in [0, 0.05) is 45.7 Å². The van der Waals surface area contributed by atoms with E-state index in [0.717, 1.165) is 0 Å². The van der Waals surface area contributed by atoms with Crippen molar-refractivity contribution in [1.29, 1.82) is 0 Å². The molecule has 0 spiro atoms. The van der Waals surface area contributed by atoms with Crippen LogP contribution in [0.15, 0.2) is 6.20 Å². The first-order valence-electron chi connectivity index (χ1n) is 9.81. The zero-order valence-corrected chi connectivity index (χ0v) is 17.5. The number of hydrogen-bond donors (Lipinski definition) is 3. The maximum Gasteiger partial charge on any atom is 0.248 e. The van der Waals surface area contributed by atoms with Crippen LogP contribution in [-0.4, -0.2) is 80.0 Å². The van der Waals surface area contributed by atoms with E-state index in [9.17, 15) is 19.5 Å². The number of likely N-dealkylation sites (tertiary alicyclic amines) is 1. The van der Waals surface area contributed by atoms with Crippen molar-refractivity contribution in [3.8, 4) is 0 Å². The second kappa shape index (κ2) is 9.45. The highest BCUT2D eigenvalue weighted by Crippen LogP contribution is 2.34. The molecule has 2 amide bonds. The van der Waals surface area contributed by atoms with Gasteiger partial charge in [-0.1, -0.05) is 26.0 Å². The van der Waals surface area contributed by atoms with Crippen LogP contribution in [0, 0.1) is 5.41 Å². The van der Waals surface area contributed by atoms with Crippen LogP contribution in [0.5, 0.6) is 0 Å². The second-order valence-electron chi connectivity index (χ2n) is 8.48. The van der Waals surface area contributed by atoms with Crippen molar-refractivity contribution >= 4 is 17.6 Å². The average Bonchev–Trinajstić information content (AvgIpc) is 3.25. The van der Waals surface area contributed by atoms with Gasteiger partial charge in [-0.3, -0.25) is 14.4 Å². The normalized spacial score (nSPS) is 20.6. The molecule has 1 saturated heterocycles. The zero-order chi connectivity index (χ0) is 21.8. The minimum Gasteiger partial charge on any atom is -0.396 e. The Labute approximate surface area is 170 Å². The summed E-state index contributed by atoms with van der Waals surface area (Å²) in [5, 5.41) is 29.6. The molecule has 10 heteroatoms. The van der Waals surface area contributed by atoms with E-state index < -0.39 is 23.6 Å². The smallest absolute Gasteiger partial charge is 0.248 e. The number of likely N-dealkylation sites (N-methyl/N-ethyl adjacent to an activating group) is 1. The molecular formula is C19H31N5O5. The highest BCUT2D eigenvalue weighted by molar-refractivity contribution is 5.90. The molecular weight excluding hydrogens is 378 g/mol. The summed E-state index contributed by atoms with van der Waals surface area (Å²) >= 11 is 0. The molecule has 1 fully saturated rings. The number of aliphatic hydroxyl groups is 2. The second-order valence-corrected chi connectivity index (χ2v) is 8.48. The fourth-order valence-electron chi connectivity index (χ4n) is 3.58. The van der Waals surface area contributed by atoms with Crippen molar-refractivity contribution in [1.82, 2.24) is 25.2 Å². The number of aryl methyl sites for hydroxylation is 1. The monoisotopic (exact) mass is 409 g/mol. The minimum absolute atomic E-state index is 0.0648. The first-order valence-corrected chi connectivity index (χ1v) is 9.81. The van der Waals surface area contributed by atoms with Crippen molar-refractivity contribution in [2.24, 2.45) is 5.41 Å². The summed E-state index contributed by atoms with van der Waals surface area (Å²) in [6.07, 6.45) is 1.79. The van der Waals surface area contributed by atoms with Crippen LogP contribution >= 0.6 is 0 Å². The Morgan fingerprint density at radius 2 is 2.00 bits per heavy atom. The van der Waals surface area contributed by atoms with Crippen LogP contribution in [0.3, 0.4) is 0 Å². The van der Waals surface area contributed by atoms with Gasteiger partial charge in [0.15, 0.2) is 0 Å². The number of β-amino-alcohol motifs (C(OH)–C–C–N with tert-alkyl or cyclic N) is 1. The van der Waals surface area contributed by atoms with E-state index in [1.807, 2.05) is 20.8 Å². The number of carbonyl (C=O) groups is 3. The average molecular weight is 409 g/mol. The van der Waals surface area contributed by atoms with Crippen LogP contribution in [0.1, 0.15) is 51.8 Å². The third-order valence-electron chi connectivity index (χ3n) is 5.04. The molecule has 0 bridgehead atoms. The standard InChI is InChI=1S/C19H31N5O5/c1-19(2,3)16(18(29)23-11-14(27)9-15(23)17(28)20-4)24-10-12(21-22-24)5-6-13(26)7-8-25/h10,14-16,25,27H,5-9,11H2,1-4H3,(H,20,28)/t14?,15?,16-/m1/s1. The van der Waals surface area contributed by atoms with Crippen molar-refractivity contribution in [3.05, 3.63) is 11.9 Å². The Hall–Kier alpha value is -2.33. The lowest BCUT2D eigenvalue weighted by Crippen LogP contribution is -2.49. The largest absolute Gasteiger partial charge is 0.396 e. The van der Waals surface area contributed by atoms with Crippen LogP contribution in [0.25, 0.3) is 0 Å². The third kappa shape index (κ3) is 5.60. The summed E-state index contributed by atoms with van der Waals surface area (Å²) in [6.45, 7) is 5.58. The molecule has 3 atom stereocenters. The lowest BCUT2D eigenvalue weighted by atomic mass is 9.85. The van der Waals surface area contributed by atoms with E-state index >= 15 is 0 Å². The summed E-state index contributed by atoms with van der Waals surface area (Å²) < 4.78 is 1.47. The first kappa shape index (κ1) is 23.0. The van der Waals surface area contributed by atoms with E-state index in [1.54, 1.807) is 6.20 Å². The fourth-order valence-corrected chi connectivity index (χ4v) is 3.58.